The van der Waals surface area contributed by atoms with Crippen molar-refractivity contribution in [2.45, 2.75) is 20.3 Å². The van der Waals surface area contributed by atoms with E-state index in [-0.39, 0.29) is 0 Å². The van der Waals surface area contributed by atoms with Gasteiger partial charge in [0.25, 0.3) is 0 Å². The summed E-state index contributed by atoms with van der Waals surface area (Å²) >= 11 is 0. The van der Waals surface area contributed by atoms with Gasteiger partial charge in [-0.2, -0.15) is 5.10 Å². The Morgan fingerprint density at radius 2 is 1.73 bits per heavy atom. The Morgan fingerprint density at radius 3 is 2.57 bits per heavy atom. The molecule has 182 valence electrons. The van der Waals surface area contributed by atoms with Crippen LogP contribution in [0, 0.1) is 5.92 Å². The molecule has 0 spiro atoms. The molecule has 37 heavy (non-hydrogen) atoms. The summed E-state index contributed by atoms with van der Waals surface area (Å²) in [5.74, 6) is 0.545. The van der Waals surface area contributed by atoms with Crippen molar-refractivity contribution in [3.8, 4) is 33.6 Å². The van der Waals surface area contributed by atoms with Gasteiger partial charge in [0, 0.05) is 46.1 Å². The van der Waals surface area contributed by atoms with Gasteiger partial charge in [0.1, 0.15) is 5.69 Å². The fourth-order valence-corrected chi connectivity index (χ4v) is 4.88. The van der Waals surface area contributed by atoms with Crippen molar-refractivity contribution in [2.24, 2.45) is 5.92 Å². The average molecular weight is 485 g/mol. The Labute approximate surface area is 215 Å². The van der Waals surface area contributed by atoms with Crippen LogP contribution in [0.4, 0.5) is 5.69 Å². The second-order valence-corrected chi connectivity index (χ2v) is 9.81. The quantitative estimate of drug-likeness (QED) is 0.216. The fourth-order valence-electron chi connectivity index (χ4n) is 4.88. The van der Waals surface area contributed by atoms with E-state index >= 15 is 0 Å². The lowest BCUT2D eigenvalue weighted by Gasteiger charge is -2.12. The largest absolute Gasteiger partial charge is 0.358 e. The fraction of sp³-hybridized carbons (Fsp3) is 0.129. The lowest BCUT2D eigenvalue weighted by molar-refractivity contribution is 0.645. The minimum absolute atomic E-state index is 0.545. The van der Waals surface area contributed by atoms with Gasteiger partial charge >= 0.3 is 0 Å². The number of aromatic amines is 2. The smallest absolute Gasteiger partial charge is 0.116 e. The van der Waals surface area contributed by atoms with Gasteiger partial charge in [0.05, 0.1) is 23.1 Å². The number of hydrogen-bond donors (Lipinski definition) is 3. The first-order valence-corrected chi connectivity index (χ1v) is 12.5. The predicted octanol–water partition coefficient (Wildman–Crippen LogP) is 7.81. The van der Waals surface area contributed by atoms with Crippen molar-refractivity contribution in [3.05, 3.63) is 97.7 Å². The number of H-pyrrole nitrogens is 2. The Bertz CT molecular complexity index is 1730. The molecule has 0 saturated heterocycles. The van der Waals surface area contributed by atoms with Crippen molar-refractivity contribution in [3.63, 3.8) is 0 Å². The maximum Gasteiger partial charge on any atom is 0.116 e. The summed E-state index contributed by atoms with van der Waals surface area (Å²) in [6.07, 6.45) is 8.29. The van der Waals surface area contributed by atoms with E-state index in [4.69, 9.17) is 0 Å². The first kappa shape index (κ1) is 22.7. The number of benzene rings is 2. The standard InChI is InChI=1S/C31H28N6/c1-19(2)13-20(3)34-24-14-23(17-33-18-24)22-7-8-29-27(15-22)31(37-36-29)30-16-26-25(5-4-6-28(26)35-30)21-9-11-32-12-10-21/h4-12,14-19,34-35H,3,13H2,1-2H3,(H,36,37). The molecule has 3 N–H and O–H groups in total. The van der Waals surface area contributed by atoms with Crippen LogP contribution in [0.15, 0.2) is 97.7 Å². The Kier molecular flexibility index (Phi) is 5.77. The number of allylic oxidation sites excluding steroid dienone is 1. The van der Waals surface area contributed by atoms with Gasteiger partial charge in [-0.25, -0.2) is 0 Å². The number of fused-ring (bicyclic) bond motifs is 2. The molecule has 0 fully saturated rings. The highest BCUT2D eigenvalue weighted by atomic mass is 15.1. The predicted molar refractivity (Wildman–Crippen MR) is 152 cm³/mol. The third-order valence-electron chi connectivity index (χ3n) is 6.52. The molecule has 6 rings (SSSR count). The van der Waals surface area contributed by atoms with Crippen molar-refractivity contribution in [2.75, 3.05) is 5.32 Å². The zero-order valence-corrected chi connectivity index (χ0v) is 20.9. The Hall–Kier alpha value is -4.71. The van der Waals surface area contributed by atoms with E-state index in [9.17, 15) is 0 Å². The Balaban J connectivity index is 1.38. The minimum atomic E-state index is 0.545. The minimum Gasteiger partial charge on any atom is -0.358 e. The molecule has 0 aliphatic rings. The monoisotopic (exact) mass is 484 g/mol. The van der Waals surface area contributed by atoms with Crippen molar-refractivity contribution < 1.29 is 0 Å². The molecule has 0 aliphatic carbocycles. The third-order valence-corrected chi connectivity index (χ3v) is 6.52. The summed E-state index contributed by atoms with van der Waals surface area (Å²) in [5, 5.41) is 13.5. The topological polar surface area (TPSA) is 82.3 Å². The third kappa shape index (κ3) is 4.49. The second-order valence-electron chi connectivity index (χ2n) is 9.81. The SMILES string of the molecule is C=C(CC(C)C)Nc1cncc(-c2ccc3[nH]nc(-c4cc5c(-c6ccncc6)cccc5[nH]4)c3c2)c1. The number of hydrogen-bond acceptors (Lipinski definition) is 4. The molecule has 0 bridgehead atoms. The lowest BCUT2D eigenvalue weighted by Crippen LogP contribution is -2.02. The van der Waals surface area contributed by atoms with E-state index in [0.717, 1.165) is 73.3 Å². The maximum absolute atomic E-state index is 4.68. The highest BCUT2D eigenvalue weighted by molar-refractivity contribution is 6.01. The van der Waals surface area contributed by atoms with E-state index in [1.807, 2.05) is 36.9 Å². The molecule has 0 unspecified atom stereocenters. The molecule has 0 atom stereocenters. The molecule has 0 radical (unpaired) electrons. The summed E-state index contributed by atoms with van der Waals surface area (Å²) in [6, 6.07) is 21.0. The van der Waals surface area contributed by atoms with E-state index in [2.05, 4.69) is 99.4 Å². The van der Waals surface area contributed by atoms with E-state index in [0.29, 0.717) is 5.92 Å². The van der Waals surface area contributed by atoms with Gasteiger partial charge in [0.2, 0.25) is 0 Å². The second kappa shape index (κ2) is 9.39. The van der Waals surface area contributed by atoms with Gasteiger partial charge in [-0.1, -0.05) is 38.6 Å². The molecule has 6 heteroatoms. The van der Waals surface area contributed by atoms with Gasteiger partial charge < -0.3 is 10.3 Å². The first-order chi connectivity index (χ1) is 18.0. The van der Waals surface area contributed by atoms with Crippen molar-refractivity contribution >= 4 is 27.5 Å². The van der Waals surface area contributed by atoms with Crippen LogP contribution in [0.5, 0.6) is 0 Å². The number of nitrogens with one attached hydrogen (secondary N) is 3. The van der Waals surface area contributed by atoms with Crippen LogP contribution in [0.2, 0.25) is 0 Å². The van der Waals surface area contributed by atoms with Gasteiger partial charge in [-0.05, 0) is 71.5 Å². The molecule has 6 nitrogen and oxygen atoms in total. The summed E-state index contributed by atoms with van der Waals surface area (Å²) in [7, 11) is 0. The number of rotatable bonds is 7. The number of anilines is 1. The van der Waals surface area contributed by atoms with Gasteiger partial charge in [0.15, 0.2) is 0 Å². The highest BCUT2D eigenvalue weighted by Gasteiger charge is 2.14. The van der Waals surface area contributed by atoms with Crippen molar-refractivity contribution in [1.82, 2.24) is 25.1 Å². The van der Waals surface area contributed by atoms with E-state index in [1.165, 1.54) is 0 Å². The summed E-state index contributed by atoms with van der Waals surface area (Å²) in [5.41, 5.74) is 10.3. The van der Waals surface area contributed by atoms with Gasteiger partial charge in [-0.3, -0.25) is 15.1 Å². The number of nitrogens with zero attached hydrogens (tertiary/aromatic N) is 3. The molecule has 0 amide bonds. The highest BCUT2D eigenvalue weighted by Crippen LogP contribution is 2.35. The Morgan fingerprint density at radius 1 is 0.865 bits per heavy atom. The number of pyridine rings is 2. The zero-order valence-electron chi connectivity index (χ0n) is 20.9. The molecule has 0 aliphatic heterocycles. The molecule has 4 heterocycles. The molecule has 2 aromatic carbocycles. The molecular weight excluding hydrogens is 456 g/mol. The van der Waals surface area contributed by atoms with Crippen LogP contribution in [0.3, 0.4) is 0 Å². The molecule has 6 aromatic rings. The van der Waals surface area contributed by atoms with E-state index in [1.54, 1.807) is 0 Å². The average Bonchev–Trinajstić information content (AvgIpc) is 3.52. The van der Waals surface area contributed by atoms with Crippen LogP contribution in [-0.4, -0.2) is 25.1 Å². The number of aromatic nitrogens is 5. The van der Waals surface area contributed by atoms with Crippen LogP contribution in [0.25, 0.3) is 55.4 Å². The summed E-state index contributed by atoms with van der Waals surface area (Å²) < 4.78 is 0. The first-order valence-electron chi connectivity index (χ1n) is 12.5. The van der Waals surface area contributed by atoms with Crippen LogP contribution < -0.4 is 5.32 Å². The van der Waals surface area contributed by atoms with E-state index < -0.39 is 0 Å². The normalized spacial score (nSPS) is 11.4. The maximum atomic E-state index is 4.68. The molecule has 0 saturated carbocycles. The summed E-state index contributed by atoms with van der Waals surface area (Å²) in [4.78, 5) is 12.2. The van der Waals surface area contributed by atoms with Crippen LogP contribution in [-0.2, 0) is 0 Å². The van der Waals surface area contributed by atoms with Gasteiger partial charge in [-0.15, -0.1) is 0 Å². The van der Waals surface area contributed by atoms with Crippen LogP contribution in [0.1, 0.15) is 20.3 Å². The lowest BCUT2D eigenvalue weighted by atomic mass is 10.0. The molecular formula is C31H28N6. The zero-order chi connectivity index (χ0) is 25.4. The van der Waals surface area contributed by atoms with Crippen molar-refractivity contribution in [1.29, 1.82) is 0 Å². The van der Waals surface area contributed by atoms with Crippen LogP contribution >= 0.6 is 0 Å². The summed E-state index contributed by atoms with van der Waals surface area (Å²) in [6.45, 7) is 8.53. The molecule has 4 aromatic heterocycles.